The number of nitrogens with zero attached hydrogens (tertiary/aromatic N) is 1. The van der Waals surface area contributed by atoms with Crippen LogP contribution in [0.5, 0.6) is 0 Å². The number of rotatable bonds is 1. The van der Waals surface area contributed by atoms with Crippen molar-refractivity contribution in [3.05, 3.63) is 11.6 Å². The zero-order valence-electron chi connectivity index (χ0n) is 9.04. The Morgan fingerprint density at radius 2 is 2.20 bits per heavy atom. The summed E-state index contributed by atoms with van der Waals surface area (Å²) in [6.07, 6.45) is 1.00. The number of halogens is 1. The molecule has 2 amide bonds. The SMILES string of the molecule is CC(C)(C)OC(=O)N1C/C(=C\CCl)C1=O. The maximum Gasteiger partial charge on any atom is 0.417 e. The highest BCUT2D eigenvalue weighted by atomic mass is 35.5. The summed E-state index contributed by atoms with van der Waals surface area (Å²) in [6, 6.07) is 0. The molecule has 0 bridgehead atoms. The summed E-state index contributed by atoms with van der Waals surface area (Å²) in [5, 5.41) is 0. The van der Waals surface area contributed by atoms with Gasteiger partial charge in [0, 0.05) is 11.5 Å². The highest BCUT2D eigenvalue weighted by Gasteiger charge is 2.37. The van der Waals surface area contributed by atoms with Crippen LogP contribution >= 0.6 is 11.6 Å². The summed E-state index contributed by atoms with van der Waals surface area (Å²) in [5.74, 6) is -0.0339. The van der Waals surface area contributed by atoms with Crippen molar-refractivity contribution in [2.45, 2.75) is 26.4 Å². The first kappa shape index (κ1) is 12.0. The van der Waals surface area contributed by atoms with Crippen molar-refractivity contribution < 1.29 is 14.3 Å². The summed E-state index contributed by atoms with van der Waals surface area (Å²) in [7, 11) is 0. The van der Waals surface area contributed by atoms with Crippen molar-refractivity contribution in [3.63, 3.8) is 0 Å². The van der Waals surface area contributed by atoms with Crippen LogP contribution in [-0.4, -0.2) is 34.9 Å². The van der Waals surface area contributed by atoms with Gasteiger partial charge in [-0.05, 0) is 20.8 Å². The average molecular weight is 232 g/mol. The molecule has 4 nitrogen and oxygen atoms in total. The van der Waals surface area contributed by atoms with Gasteiger partial charge < -0.3 is 4.74 Å². The second-order valence-electron chi connectivity index (χ2n) is 4.26. The van der Waals surface area contributed by atoms with Gasteiger partial charge >= 0.3 is 6.09 Å². The Kier molecular flexibility index (Phi) is 3.39. The van der Waals surface area contributed by atoms with Gasteiger partial charge in [-0.3, -0.25) is 4.79 Å². The van der Waals surface area contributed by atoms with Gasteiger partial charge in [-0.25, -0.2) is 9.69 Å². The van der Waals surface area contributed by atoms with E-state index in [0.717, 1.165) is 4.90 Å². The molecule has 0 aromatic rings. The number of β-lactam (4-membered cyclic amide) rings is 1. The lowest BCUT2D eigenvalue weighted by atomic mass is 10.1. The monoisotopic (exact) mass is 231 g/mol. The lowest BCUT2D eigenvalue weighted by Gasteiger charge is -2.33. The molecule has 1 aliphatic rings. The van der Waals surface area contributed by atoms with Gasteiger partial charge in [0.25, 0.3) is 5.91 Å². The molecular weight excluding hydrogens is 218 g/mol. The van der Waals surface area contributed by atoms with E-state index < -0.39 is 11.7 Å². The number of likely N-dealkylation sites (tertiary alicyclic amines) is 1. The summed E-state index contributed by atoms with van der Waals surface area (Å²) in [6.45, 7) is 5.56. The Labute approximate surface area is 93.8 Å². The fraction of sp³-hybridized carbons (Fsp3) is 0.600. The molecular formula is C10H14ClNO3. The lowest BCUT2D eigenvalue weighted by Crippen LogP contribution is -2.51. The fourth-order valence-corrected chi connectivity index (χ4v) is 1.29. The van der Waals surface area contributed by atoms with Gasteiger partial charge in [-0.15, -0.1) is 11.6 Å². The van der Waals surface area contributed by atoms with Crippen molar-refractivity contribution in [1.82, 2.24) is 4.90 Å². The van der Waals surface area contributed by atoms with Crippen LogP contribution in [0.25, 0.3) is 0 Å². The minimum Gasteiger partial charge on any atom is -0.443 e. The number of hydrogen-bond donors (Lipinski definition) is 0. The first-order valence-electron chi connectivity index (χ1n) is 4.65. The van der Waals surface area contributed by atoms with E-state index in [9.17, 15) is 9.59 Å². The predicted octanol–water partition coefficient (Wildman–Crippen LogP) is 1.93. The van der Waals surface area contributed by atoms with Gasteiger partial charge in [0.2, 0.25) is 0 Å². The molecule has 1 aliphatic heterocycles. The van der Waals surface area contributed by atoms with Crippen molar-refractivity contribution in [1.29, 1.82) is 0 Å². The molecule has 1 fully saturated rings. The number of carbonyl (C=O) groups excluding carboxylic acids is 2. The molecule has 0 radical (unpaired) electrons. The number of carbonyl (C=O) groups is 2. The molecule has 5 heteroatoms. The third kappa shape index (κ3) is 2.96. The Bertz CT molecular complexity index is 317. The van der Waals surface area contributed by atoms with E-state index >= 15 is 0 Å². The highest BCUT2D eigenvalue weighted by Crippen LogP contribution is 2.20. The smallest absolute Gasteiger partial charge is 0.417 e. The average Bonchev–Trinajstić information content (AvgIpc) is 2.07. The summed E-state index contributed by atoms with van der Waals surface area (Å²) < 4.78 is 5.04. The number of imide groups is 1. The van der Waals surface area contributed by atoms with Gasteiger partial charge in [-0.2, -0.15) is 0 Å². The van der Waals surface area contributed by atoms with Gasteiger partial charge in [0.15, 0.2) is 0 Å². The quantitative estimate of drug-likeness (QED) is 0.394. The van der Waals surface area contributed by atoms with E-state index in [1.807, 2.05) is 0 Å². The van der Waals surface area contributed by atoms with Crippen LogP contribution in [0.2, 0.25) is 0 Å². The van der Waals surface area contributed by atoms with E-state index in [0.29, 0.717) is 12.1 Å². The Hall–Kier alpha value is -1.03. The summed E-state index contributed by atoms with van der Waals surface area (Å²) >= 11 is 5.44. The maximum atomic E-state index is 11.4. The molecule has 0 aromatic carbocycles. The molecule has 0 unspecified atom stereocenters. The number of allylic oxidation sites excluding steroid dienone is 1. The van der Waals surface area contributed by atoms with Crippen LogP contribution in [0.1, 0.15) is 20.8 Å². The largest absolute Gasteiger partial charge is 0.443 e. The maximum absolute atomic E-state index is 11.4. The predicted molar refractivity (Wildman–Crippen MR) is 56.8 cm³/mol. The molecule has 0 aromatic heterocycles. The number of ether oxygens (including phenoxy) is 1. The van der Waals surface area contributed by atoms with Crippen molar-refractivity contribution >= 4 is 23.6 Å². The molecule has 0 aliphatic carbocycles. The van der Waals surface area contributed by atoms with Crippen LogP contribution in [-0.2, 0) is 9.53 Å². The van der Waals surface area contributed by atoms with Gasteiger partial charge in [-0.1, -0.05) is 6.08 Å². The molecule has 1 rings (SSSR count). The topological polar surface area (TPSA) is 46.6 Å². The second-order valence-corrected chi connectivity index (χ2v) is 4.56. The highest BCUT2D eigenvalue weighted by molar-refractivity contribution is 6.19. The third-order valence-corrected chi connectivity index (χ3v) is 1.94. The summed E-state index contributed by atoms with van der Waals surface area (Å²) in [5.41, 5.74) is -0.0144. The fourth-order valence-electron chi connectivity index (χ4n) is 1.10. The van der Waals surface area contributed by atoms with Crippen molar-refractivity contribution in [2.24, 2.45) is 0 Å². The van der Waals surface area contributed by atoms with Gasteiger partial charge in [0.1, 0.15) is 5.60 Å². The number of amides is 2. The first-order chi connectivity index (χ1) is 6.85. The lowest BCUT2D eigenvalue weighted by molar-refractivity contribution is -0.131. The normalized spacial score (nSPS) is 19.1. The zero-order valence-corrected chi connectivity index (χ0v) is 9.80. The minimum atomic E-state index is -0.598. The van der Waals surface area contributed by atoms with Crippen molar-refractivity contribution in [3.8, 4) is 0 Å². The molecule has 84 valence electrons. The van der Waals surface area contributed by atoms with Crippen LogP contribution in [0.4, 0.5) is 4.79 Å². The Morgan fingerprint density at radius 3 is 2.60 bits per heavy atom. The Balaban J connectivity index is 2.53. The second kappa shape index (κ2) is 4.23. The summed E-state index contributed by atoms with van der Waals surface area (Å²) in [4.78, 5) is 23.9. The molecule has 15 heavy (non-hydrogen) atoms. The van der Waals surface area contributed by atoms with Gasteiger partial charge in [0.05, 0.1) is 6.54 Å². The molecule has 1 heterocycles. The third-order valence-electron chi connectivity index (χ3n) is 1.79. The van der Waals surface area contributed by atoms with E-state index in [2.05, 4.69) is 0 Å². The molecule has 0 saturated carbocycles. The molecule has 0 N–H and O–H groups in total. The van der Waals surface area contributed by atoms with E-state index in [1.165, 1.54) is 0 Å². The van der Waals surface area contributed by atoms with E-state index in [-0.39, 0.29) is 11.8 Å². The van der Waals surface area contributed by atoms with Crippen molar-refractivity contribution in [2.75, 3.05) is 12.4 Å². The van der Waals surface area contributed by atoms with E-state index in [1.54, 1.807) is 26.8 Å². The van der Waals surface area contributed by atoms with Crippen LogP contribution < -0.4 is 0 Å². The van der Waals surface area contributed by atoms with Crippen LogP contribution in [0, 0.1) is 0 Å². The molecule has 0 spiro atoms. The number of hydrogen-bond acceptors (Lipinski definition) is 3. The van der Waals surface area contributed by atoms with Crippen LogP contribution in [0.15, 0.2) is 11.6 Å². The molecule has 0 atom stereocenters. The molecule has 1 saturated heterocycles. The standard InChI is InChI=1S/C10H14ClNO3/c1-10(2,3)15-9(14)12-6-7(4-5-11)8(12)13/h4H,5-6H2,1-3H3/b7-4+. The first-order valence-corrected chi connectivity index (χ1v) is 5.18. The minimum absolute atomic E-state index is 0.281. The Morgan fingerprint density at radius 1 is 1.60 bits per heavy atom. The van der Waals surface area contributed by atoms with E-state index in [4.69, 9.17) is 16.3 Å². The zero-order chi connectivity index (χ0) is 11.6. The van der Waals surface area contributed by atoms with Crippen LogP contribution in [0.3, 0.4) is 0 Å². The number of alkyl halides is 1.